The van der Waals surface area contributed by atoms with Gasteiger partial charge < -0.3 is 9.26 Å². The lowest BCUT2D eigenvalue weighted by molar-refractivity contribution is -0.146. The van der Waals surface area contributed by atoms with E-state index in [0.717, 1.165) is 15.6 Å². The van der Waals surface area contributed by atoms with E-state index in [-0.39, 0.29) is 5.97 Å². The van der Waals surface area contributed by atoms with Crippen molar-refractivity contribution in [3.05, 3.63) is 34.1 Å². The average molecular weight is 351 g/mol. The van der Waals surface area contributed by atoms with Gasteiger partial charge in [0.1, 0.15) is 5.41 Å². The van der Waals surface area contributed by atoms with E-state index in [9.17, 15) is 4.79 Å². The van der Waals surface area contributed by atoms with Crippen molar-refractivity contribution in [2.75, 3.05) is 6.61 Å². The second kappa shape index (κ2) is 5.26. The van der Waals surface area contributed by atoms with Crippen molar-refractivity contribution >= 4 is 21.9 Å². The molecule has 1 saturated carbocycles. The number of ether oxygens (including phenoxy) is 1. The Labute approximate surface area is 130 Å². The van der Waals surface area contributed by atoms with Gasteiger partial charge in [-0.25, -0.2) is 0 Å². The number of hydrogen-bond acceptors (Lipinski definition) is 5. The van der Waals surface area contributed by atoms with Gasteiger partial charge in [0.05, 0.1) is 6.61 Å². The summed E-state index contributed by atoms with van der Waals surface area (Å²) in [6.45, 7) is 4.15. The molecule has 3 rings (SSSR count). The third-order valence-corrected chi connectivity index (χ3v) is 4.54. The minimum absolute atomic E-state index is 0.273. The van der Waals surface area contributed by atoms with Gasteiger partial charge in [-0.05, 0) is 38.3 Å². The minimum Gasteiger partial charge on any atom is -0.465 e. The van der Waals surface area contributed by atoms with E-state index in [2.05, 4.69) is 26.1 Å². The third-order valence-electron chi connectivity index (χ3n) is 3.68. The van der Waals surface area contributed by atoms with E-state index in [1.54, 1.807) is 6.92 Å². The van der Waals surface area contributed by atoms with Crippen LogP contribution >= 0.6 is 15.9 Å². The monoisotopic (exact) mass is 350 g/mol. The molecule has 110 valence electrons. The van der Waals surface area contributed by atoms with E-state index in [1.165, 1.54) is 0 Å². The topological polar surface area (TPSA) is 65.2 Å². The van der Waals surface area contributed by atoms with Gasteiger partial charge in [0.2, 0.25) is 11.7 Å². The fraction of sp³-hybridized carbons (Fsp3) is 0.400. The van der Waals surface area contributed by atoms with Gasteiger partial charge in [0.25, 0.3) is 0 Å². The maximum absolute atomic E-state index is 12.0. The molecule has 0 saturated heterocycles. The molecule has 1 heterocycles. The molecule has 21 heavy (non-hydrogen) atoms. The van der Waals surface area contributed by atoms with Crippen LogP contribution in [0.5, 0.6) is 0 Å². The summed E-state index contributed by atoms with van der Waals surface area (Å²) in [5.41, 5.74) is 1.26. The SMILES string of the molecule is CCOC(=O)C1(c2nc(-c3ccc(C)c(Br)c3)no2)CC1. The summed E-state index contributed by atoms with van der Waals surface area (Å²) in [6, 6.07) is 5.85. The van der Waals surface area contributed by atoms with Crippen LogP contribution in [0, 0.1) is 6.92 Å². The van der Waals surface area contributed by atoms with Crippen LogP contribution in [0.2, 0.25) is 0 Å². The molecule has 6 heteroatoms. The molecule has 0 atom stereocenters. The zero-order valence-corrected chi connectivity index (χ0v) is 13.4. The Morgan fingerprint density at radius 2 is 2.24 bits per heavy atom. The molecule has 1 aromatic carbocycles. The standard InChI is InChI=1S/C15H15BrN2O3/c1-3-20-14(19)15(6-7-15)13-17-12(18-21-13)10-5-4-9(2)11(16)8-10/h4-5,8H,3,6-7H2,1-2H3. The van der Waals surface area contributed by atoms with Crippen LogP contribution in [0.15, 0.2) is 27.2 Å². The van der Waals surface area contributed by atoms with Gasteiger partial charge in [0, 0.05) is 10.0 Å². The normalized spacial score (nSPS) is 15.8. The molecular formula is C15H15BrN2O3. The van der Waals surface area contributed by atoms with E-state index < -0.39 is 5.41 Å². The molecule has 0 N–H and O–H groups in total. The van der Waals surface area contributed by atoms with Gasteiger partial charge in [-0.15, -0.1) is 0 Å². The van der Waals surface area contributed by atoms with Crippen molar-refractivity contribution in [2.24, 2.45) is 0 Å². The summed E-state index contributed by atoms with van der Waals surface area (Å²) in [5, 5.41) is 3.99. The first-order valence-electron chi connectivity index (χ1n) is 6.85. The van der Waals surface area contributed by atoms with Crippen LogP contribution in [0.4, 0.5) is 0 Å². The van der Waals surface area contributed by atoms with E-state index in [1.807, 2.05) is 25.1 Å². The molecule has 5 nitrogen and oxygen atoms in total. The maximum Gasteiger partial charge on any atom is 0.321 e. The molecule has 1 fully saturated rings. The van der Waals surface area contributed by atoms with E-state index >= 15 is 0 Å². The van der Waals surface area contributed by atoms with Gasteiger partial charge in [-0.3, -0.25) is 4.79 Å². The third kappa shape index (κ3) is 2.48. The number of esters is 1. The van der Waals surface area contributed by atoms with Crippen LogP contribution < -0.4 is 0 Å². The lowest BCUT2D eigenvalue weighted by Crippen LogP contribution is -2.23. The van der Waals surface area contributed by atoms with Crippen LogP contribution in [-0.2, 0) is 14.9 Å². The molecule has 1 aliphatic carbocycles. The van der Waals surface area contributed by atoms with Crippen molar-refractivity contribution in [3.63, 3.8) is 0 Å². The lowest BCUT2D eigenvalue weighted by Gasteiger charge is -2.08. The molecule has 0 unspecified atom stereocenters. The first-order valence-corrected chi connectivity index (χ1v) is 7.64. The second-order valence-corrected chi connectivity index (χ2v) is 6.04. The molecule has 1 aliphatic rings. The molecule has 0 bridgehead atoms. The fourth-order valence-electron chi connectivity index (χ4n) is 2.17. The Hall–Kier alpha value is -1.69. The number of hydrogen-bond donors (Lipinski definition) is 0. The number of aromatic nitrogens is 2. The van der Waals surface area contributed by atoms with Crippen LogP contribution in [0.25, 0.3) is 11.4 Å². The number of benzene rings is 1. The second-order valence-electron chi connectivity index (χ2n) is 5.19. The van der Waals surface area contributed by atoms with Crippen LogP contribution in [0.1, 0.15) is 31.2 Å². The lowest BCUT2D eigenvalue weighted by atomic mass is 10.1. The Morgan fingerprint density at radius 1 is 1.48 bits per heavy atom. The molecule has 0 aliphatic heterocycles. The summed E-state index contributed by atoms with van der Waals surface area (Å²) in [7, 11) is 0. The van der Waals surface area contributed by atoms with Gasteiger partial charge >= 0.3 is 5.97 Å². The zero-order valence-electron chi connectivity index (χ0n) is 11.9. The highest BCUT2D eigenvalue weighted by Crippen LogP contribution is 2.48. The largest absolute Gasteiger partial charge is 0.465 e. The number of carbonyl (C=O) groups excluding carboxylic acids is 1. The molecule has 0 amide bonds. The number of aryl methyl sites for hydroxylation is 1. The van der Waals surface area contributed by atoms with Crippen LogP contribution in [-0.4, -0.2) is 22.7 Å². The summed E-state index contributed by atoms with van der Waals surface area (Å²) in [6.07, 6.45) is 1.40. The zero-order chi connectivity index (χ0) is 15.0. The van der Waals surface area contributed by atoms with Gasteiger partial charge in [-0.2, -0.15) is 4.98 Å². The van der Waals surface area contributed by atoms with Gasteiger partial charge in [0.15, 0.2) is 0 Å². The Balaban J connectivity index is 1.90. The Bertz CT molecular complexity index is 692. The van der Waals surface area contributed by atoms with E-state index in [4.69, 9.17) is 9.26 Å². The highest BCUT2D eigenvalue weighted by Gasteiger charge is 2.57. The quantitative estimate of drug-likeness (QED) is 0.790. The van der Waals surface area contributed by atoms with E-state index in [0.29, 0.717) is 31.2 Å². The average Bonchev–Trinajstić information content (AvgIpc) is 3.13. The first-order chi connectivity index (χ1) is 10.1. The fourth-order valence-corrected chi connectivity index (χ4v) is 2.55. The molecule has 0 spiro atoms. The number of halogens is 1. The predicted molar refractivity (Wildman–Crippen MR) is 79.7 cm³/mol. The molecule has 1 aromatic heterocycles. The van der Waals surface area contributed by atoms with Crippen molar-refractivity contribution in [1.29, 1.82) is 0 Å². The minimum atomic E-state index is -0.719. The number of carbonyl (C=O) groups is 1. The molecular weight excluding hydrogens is 336 g/mol. The Morgan fingerprint density at radius 3 is 2.86 bits per heavy atom. The molecule has 0 radical (unpaired) electrons. The first kappa shape index (κ1) is 14.3. The number of rotatable bonds is 4. The predicted octanol–water partition coefficient (Wildman–Crippen LogP) is 3.40. The molecule has 2 aromatic rings. The maximum atomic E-state index is 12.0. The van der Waals surface area contributed by atoms with Crippen molar-refractivity contribution in [3.8, 4) is 11.4 Å². The summed E-state index contributed by atoms with van der Waals surface area (Å²) < 4.78 is 11.4. The van der Waals surface area contributed by atoms with Gasteiger partial charge in [-0.1, -0.05) is 33.2 Å². The summed E-state index contributed by atoms with van der Waals surface area (Å²) in [4.78, 5) is 16.4. The number of nitrogens with zero attached hydrogens (tertiary/aromatic N) is 2. The van der Waals surface area contributed by atoms with Crippen molar-refractivity contribution < 1.29 is 14.1 Å². The van der Waals surface area contributed by atoms with Crippen molar-refractivity contribution in [2.45, 2.75) is 32.1 Å². The Kier molecular flexibility index (Phi) is 3.57. The smallest absolute Gasteiger partial charge is 0.321 e. The van der Waals surface area contributed by atoms with Crippen molar-refractivity contribution in [1.82, 2.24) is 10.1 Å². The highest BCUT2D eigenvalue weighted by molar-refractivity contribution is 9.10. The highest BCUT2D eigenvalue weighted by atomic mass is 79.9. The summed E-state index contributed by atoms with van der Waals surface area (Å²) in [5.74, 6) is 0.569. The summed E-state index contributed by atoms with van der Waals surface area (Å²) >= 11 is 3.49. The van der Waals surface area contributed by atoms with Crippen LogP contribution in [0.3, 0.4) is 0 Å².